The molecule has 2 aromatic carbocycles. The molecule has 0 saturated carbocycles. The molecule has 5 rings (SSSR count). The number of benzene rings is 2. The van der Waals surface area contributed by atoms with Gasteiger partial charge in [0.1, 0.15) is 0 Å². The summed E-state index contributed by atoms with van der Waals surface area (Å²) in [4.78, 5) is 19.8. The van der Waals surface area contributed by atoms with E-state index in [1.54, 1.807) is 11.3 Å². The van der Waals surface area contributed by atoms with E-state index in [0.29, 0.717) is 25.4 Å². The second-order valence-corrected chi connectivity index (χ2v) is 9.23. The quantitative estimate of drug-likeness (QED) is 0.380. The maximum absolute atomic E-state index is 13.3. The molecule has 0 radical (unpaired) electrons. The van der Waals surface area contributed by atoms with Gasteiger partial charge in [-0.15, -0.1) is 11.3 Å². The minimum Gasteiger partial charge on any atom is -0.361 e. The van der Waals surface area contributed by atoms with E-state index in [0.717, 1.165) is 18.4 Å². The molecule has 1 aliphatic rings. The summed E-state index contributed by atoms with van der Waals surface area (Å²) in [5, 5.41) is 3.28. The molecule has 3 nitrogen and oxygen atoms in total. The van der Waals surface area contributed by atoms with E-state index in [1.807, 2.05) is 11.1 Å². The SMILES string of the molecule is O=C(CCC1CCc2ccccc21)N(Cc1ccc2[nH]ccc2c1)Cc1cccs1. The van der Waals surface area contributed by atoms with Gasteiger partial charge < -0.3 is 9.88 Å². The zero-order chi connectivity index (χ0) is 20.3. The van der Waals surface area contributed by atoms with Gasteiger partial charge in [0.15, 0.2) is 0 Å². The monoisotopic (exact) mass is 414 g/mol. The van der Waals surface area contributed by atoms with Crippen LogP contribution in [0, 0.1) is 0 Å². The lowest BCUT2D eigenvalue weighted by molar-refractivity contribution is -0.132. The van der Waals surface area contributed by atoms with E-state index in [4.69, 9.17) is 0 Å². The second kappa shape index (κ2) is 8.49. The van der Waals surface area contributed by atoms with Crippen LogP contribution in [-0.4, -0.2) is 15.8 Å². The predicted octanol–water partition coefficient (Wildman–Crippen LogP) is 6.27. The van der Waals surface area contributed by atoms with Crippen molar-refractivity contribution in [2.45, 2.75) is 44.7 Å². The highest BCUT2D eigenvalue weighted by Crippen LogP contribution is 2.36. The highest BCUT2D eigenvalue weighted by atomic mass is 32.1. The second-order valence-electron chi connectivity index (χ2n) is 8.20. The van der Waals surface area contributed by atoms with Gasteiger partial charge in [0.25, 0.3) is 0 Å². The zero-order valence-corrected chi connectivity index (χ0v) is 17.8. The van der Waals surface area contributed by atoms with Gasteiger partial charge in [-0.1, -0.05) is 36.4 Å². The molecule has 4 heteroatoms. The molecule has 0 saturated heterocycles. The van der Waals surface area contributed by atoms with Crippen molar-refractivity contribution >= 4 is 28.1 Å². The third-order valence-electron chi connectivity index (χ3n) is 6.23. The minimum atomic E-state index is 0.252. The molecule has 1 atom stereocenters. The summed E-state index contributed by atoms with van der Waals surface area (Å²) in [5.74, 6) is 0.770. The maximum atomic E-state index is 13.3. The Hall–Kier alpha value is -2.85. The Labute approximate surface area is 181 Å². The van der Waals surface area contributed by atoms with Gasteiger partial charge in [0.2, 0.25) is 5.91 Å². The number of amides is 1. The Morgan fingerprint density at radius 2 is 2.00 bits per heavy atom. The summed E-state index contributed by atoms with van der Waals surface area (Å²) in [5.41, 5.74) is 5.23. The van der Waals surface area contributed by atoms with Gasteiger partial charge in [-0.3, -0.25) is 4.79 Å². The number of hydrogen-bond acceptors (Lipinski definition) is 2. The Kier molecular flexibility index (Phi) is 5.41. The number of aryl methyl sites for hydroxylation is 1. The van der Waals surface area contributed by atoms with Crippen molar-refractivity contribution in [2.24, 2.45) is 0 Å². The van der Waals surface area contributed by atoms with Crippen molar-refractivity contribution in [1.82, 2.24) is 9.88 Å². The fourth-order valence-corrected chi connectivity index (χ4v) is 5.36. The van der Waals surface area contributed by atoms with E-state index >= 15 is 0 Å². The van der Waals surface area contributed by atoms with Crippen molar-refractivity contribution in [2.75, 3.05) is 0 Å². The molecule has 2 heterocycles. The van der Waals surface area contributed by atoms with Crippen LogP contribution in [0.25, 0.3) is 10.9 Å². The van der Waals surface area contributed by atoms with Crippen LogP contribution < -0.4 is 0 Å². The summed E-state index contributed by atoms with van der Waals surface area (Å²) in [6.45, 7) is 1.34. The summed E-state index contributed by atoms with van der Waals surface area (Å²) in [6.07, 6.45) is 5.82. The molecular formula is C26H26N2OS. The van der Waals surface area contributed by atoms with Crippen molar-refractivity contribution < 1.29 is 4.79 Å². The molecule has 0 aliphatic heterocycles. The largest absolute Gasteiger partial charge is 0.361 e. The highest BCUT2D eigenvalue weighted by molar-refractivity contribution is 7.09. The molecular weight excluding hydrogens is 388 g/mol. The van der Waals surface area contributed by atoms with Crippen molar-refractivity contribution in [3.05, 3.63) is 93.8 Å². The van der Waals surface area contributed by atoms with Gasteiger partial charge in [-0.05, 0) is 76.9 Å². The fraction of sp³-hybridized carbons (Fsp3) is 0.269. The number of rotatable bonds is 7. The number of nitrogens with one attached hydrogen (secondary N) is 1. The predicted molar refractivity (Wildman–Crippen MR) is 124 cm³/mol. The summed E-state index contributed by atoms with van der Waals surface area (Å²) < 4.78 is 0. The maximum Gasteiger partial charge on any atom is 0.223 e. The van der Waals surface area contributed by atoms with Crippen molar-refractivity contribution in [3.63, 3.8) is 0 Å². The molecule has 152 valence electrons. The van der Waals surface area contributed by atoms with Crippen LogP contribution in [0.15, 0.2) is 72.2 Å². The first-order chi connectivity index (χ1) is 14.8. The number of fused-ring (bicyclic) bond motifs is 2. The van der Waals surface area contributed by atoms with Crippen molar-refractivity contribution in [3.8, 4) is 0 Å². The number of carbonyl (C=O) groups excluding carboxylic acids is 1. The smallest absolute Gasteiger partial charge is 0.223 e. The third-order valence-corrected chi connectivity index (χ3v) is 7.10. The van der Waals surface area contributed by atoms with Crippen LogP contribution in [0.2, 0.25) is 0 Å². The Bertz CT molecular complexity index is 1140. The van der Waals surface area contributed by atoms with Gasteiger partial charge in [0.05, 0.1) is 6.54 Å². The molecule has 4 aromatic rings. The molecule has 0 spiro atoms. The molecule has 30 heavy (non-hydrogen) atoms. The summed E-state index contributed by atoms with van der Waals surface area (Å²) >= 11 is 1.72. The van der Waals surface area contributed by atoms with E-state index in [9.17, 15) is 4.79 Å². The van der Waals surface area contributed by atoms with E-state index in [1.165, 1.54) is 33.4 Å². The number of thiophene rings is 1. The first kappa shape index (κ1) is 19.1. The Morgan fingerprint density at radius 1 is 1.07 bits per heavy atom. The van der Waals surface area contributed by atoms with Gasteiger partial charge in [-0.2, -0.15) is 0 Å². The van der Waals surface area contributed by atoms with Crippen LogP contribution in [0.3, 0.4) is 0 Å². The van der Waals surface area contributed by atoms with Crippen LogP contribution in [0.5, 0.6) is 0 Å². The molecule has 0 fully saturated rings. The first-order valence-electron chi connectivity index (χ1n) is 10.7. The standard InChI is InChI=1S/C26H26N2OS/c29-26(12-10-21-9-8-20-4-1-2-6-24(20)21)28(18-23-5-3-15-30-23)17-19-7-11-25-22(16-19)13-14-27-25/h1-7,11,13-16,21,27H,8-10,12,17-18H2. The number of aromatic nitrogens is 1. The number of H-pyrrole nitrogens is 1. The van der Waals surface area contributed by atoms with Crippen LogP contribution >= 0.6 is 11.3 Å². The number of carbonyl (C=O) groups is 1. The first-order valence-corrected chi connectivity index (χ1v) is 11.6. The lowest BCUT2D eigenvalue weighted by Gasteiger charge is -2.23. The average molecular weight is 415 g/mol. The van der Waals surface area contributed by atoms with Gasteiger partial charge >= 0.3 is 0 Å². The molecule has 2 aromatic heterocycles. The normalized spacial score (nSPS) is 15.4. The zero-order valence-electron chi connectivity index (χ0n) is 17.0. The van der Waals surface area contributed by atoms with Crippen molar-refractivity contribution in [1.29, 1.82) is 0 Å². The number of aromatic amines is 1. The van der Waals surface area contributed by atoms with Crippen LogP contribution in [-0.2, 0) is 24.3 Å². The summed E-state index contributed by atoms with van der Waals surface area (Å²) in [6, 6.07) is 21.4. The fourth-order valence-electron chi connectivity index (χ4n) is 4.65. The van der Waals surface area contributed by atoms with E-state index in [-0.39, 0.29) is 5.91 Å². The Morgan fingerprint density at radius 3 is 2.90 bits per heavy atom. The number of hydrogen-bond donors (Lipinski definition) is 1. The highest BCUT2D eigenvalue weighted by Gasteiger charge is 2.24. The topological polar surface area (TPSA) is 36.1 Å². The van der Waals surface area contributed by atoms with Crippen LogP contribution in [0.4, 0.5) is 0 Å². The summed E-state index contributed by atoms with van der Waals surface area (Å²) in [7, 11) is 0. The minimum absolute atomic E-state index is 0.252. The molecule has 1 unspecified atom stereocenters. The lowest BCUT2D eigenvalue weighted by Crippen LogP contribution is -2.29. The third kappa shape index (κ3) is 4.05. The lowest BCUT2D eigenvalue weighted by atomic mass is 9.96. The Balaban J connectivity index is 1.30. The van der Waals surface area contributed by atoms with Crippen LogP contribution in [0.1, 0.15) is 46.7 Å². The van der Waals surface area contributed by atoms with E-state index < -0.39 is 0 Å². The van der Waals surface area contributed by atoms with Gasteiger partial charge in [0, 0.05) is 29.6 Å². The average Bonchev–Trinajstić information content (AvgIpc) is 3.52. The molecule has 1 aliphatic carbocycles. The van der Waals surface area contributed by atoms with E-state index in [2.05, 4.69) is 71.0 Å². The molecule has 1 N–H and O–H groups in total. The molecule has 1 amide bonds. The molecule has 0 bridgehead atoms. The number of nitrogens with zero attached hydrogens (tertiary/aromatic N) is 1. The van der Waals surface area contributed by atoms with Gasteiger partial charge in [-0.25, -0.2) is 0 Å².